The van der Waals surface area contributed by atoms with E-state index < -0.39 is 5.91 Å². The van der Waals surface area contributed by atoms with E-state index in [1.807, 2.05) is 18.2 Å². The van der Waals surface area contributed by atoms with Gasteiger partial charge in [0.1, 0.15) is 23.5 Å². The first kappa shape index (κ1) is 30.4. The Hall–Kier alpha value is -5.19. The summed E-state index contributed by atoms with van der Waals surface area (Å²) in [5.41, 5.74) is 8.45. The van der Waals surface area contributed by atoms with E-state index in [1.165, 1.54) is 18.7 Å². The smallest absolute Gasteiger partial charge is 0.276 e. The van der Waals surface area contributed by atoms with E-state index in [9.17, 15) is 4.79 Å². The van der Waals surface area contributed by atoms with Crippen LogP contribution < -0.4 is 15.8 Å². The number of hydrogen-bond acceptors (Lipinski definition) is 10. The minimum atomic E-state index is -0.589. The molecule has 2 heterocycles. The van der Waals surface area contributed by atoms with Crippen molar-refractivity contribution in [3.8, 4) is 5.75 Å². The minimum Gasteiger partial charge on any atom is -0.493 e. The van der Waals surface area contributed by atoms with Gasteiger partial charge < -0.3 is 30.0 Å². The van der Waals surface area contributed by atoms with Crippen LogP contribution in [-0.2, 0) is 32.0 Å². The molecule has 0 spiro atoms. The van der Waals surface area contributed by atoms with Gasteiger partial charge in [0.15, 0.2) is 17.3 Å². The maximum absolute atomic E-state index is 12.9. The molecule has 0 fully saturated rings. The van der Waals surface area contributed by atoms with Crippen LogP contribution in [0.3, 0.4) is 0 Å². The fraction of sp³-hybridized carbons (Fsp3) is 0.233. The van der Waals surface area contributed by atoms with Crippen LogP contribution >= 0.6 is 0 Å². The number of fused-ring (bicyclic) bond motifs is 1. The van der Waals surface area contributed by atoms with Crippen LogP contribution in [0.5, 0.6) is 5.75 Å². The standard InChI is InChI=1S/C30H34N6O5/c1-5-8-28(36-30(37)29(31)27(40-6-2)20-33-19-21-9-7-13-32-18-21)35-15-16-41-24-12-14-34-23-17-26(39-4)25(38-3)11-10-22(23)24/h5,7-9,11-18,20H,6,10,19,31H2,1-4H3,(H,35,36,37)/b8-5-,16-15+,29-27?,33-20?. The van der Waals surface area contributed by atoms with E-state index in [1.54, 1.807) is 71.0 Å². The van der Waals surface area contributed by atoms with E-state index in [0.29, 0.717) is 42.5 Å². The van der Waals surface area contributed by atoms with Gasteiger partial charge in [0.25, 0.3) is 5.91 Å². The number of ether oxygens (including phenoxy) is 4. The van der Waals surface area contributed by atoms with Crippen LogP contribution in [0.25, 0.3) is 6.08 Å². The predicted molar refractivity (Wildman–Crippen MR) is 157 cm³/mol. The van der Waals surface area contributed by atoms with Crippen LogP contribution in [-0.4, -0.2) is 48.8 Å². The number of nitrogens with two attached hydrogens (primary N) is 1. The number of methoxy groups -OCH3 is 2. The third-order valence-corrected chi connectivity index (χ3v) is 5.54. The molecule has 0 unspecified atom stereocenters. The van der Waals surface area contributed by atoms with E-state index in [4.69, 9.17) is 24.7 Å². The molecule has 2 aromatic rings. The quantitative estimate of drug-likeness (QED) is 0.172. The monoisotopic (exact) mass is 558 g/mol. The molecule has 214 valence electrons. The summed E-state index contributed by atoms with van der Waals surface area (Å²) >= 11 is 0. The van der Waals surface area contributed by atoms with Crippen LogP contribution in [0, 0.1) is 0 Å². The molecule has 0 aliphatic heterocycles. The average Bonchev–Trinajstić information content (AvgIpc) is 3.18. The topological polar surface area (TPSA) is 143 Å². The molecule has 11 nitrogen and oxygen atoms in total. The molecule has 1 aliphatic rings. The van der Waals surface area contributed by atoms with Crippen molar-refractivity contribution in [2.45, 2.75) is 26.8 Å². The second kappa shape index (κ2) is 16.0. The number of aromatic nitrogens is 2. The number of amides is 1. The first-order valence-corrected chi connectivity index (χ1v) is 12.8. The number of rotatable bonds is 12. The van der Waals surface area contributed by atoms with Gasteiger partial charge in [-0.15, -0.1) is 0 Å². The first-order valence-electron chi connectivity index (χ1n) is 12.8. The molecule has 3 rings (SSSR count). The molecular formula is C30H34N6O5. The molecule has 0 radical (unpaired) electrons. The Kier molecular flexibility index (Phi) is 11.9. The lowest BCUT2D eigenvalue weighted by molar-refractivity contribution is -0.116. The zero-order chi connectivity index (χ0) is 29.5. The van der Waals surface area contributed by atoms with Gasteiger partial charge in [-0.1, -0.05) is 12.1 Å². The molecule has 0 saturated heterocycles. The number of nitrogens with zero attached hydrogens (tertiary/aromatic N) is 4. The van der Waals surface area contributed by atoms with Crippen molar-refractivity contribution >= 4 is 24.0 Å². The Labute approximate surface area is 239 Å². The minimum absolute atomic E-state index is 0.134. The summed E-state index contributed by atoms with van der Waals surface area (Å²) < 4.78 is 22.2. The lowest BCUT2D eigenvalue weighted by Gasteiger charge is -2.10. The van der Waals surface area contributed by atoms with Gasteiger partial charge >= 0.3 is 0 Å². The van der Waals surface area contributed by atoms with Crippen molar-refractivity contribution < 1.29 is 23.7 Å². The summed E-state index contributed by atoms with van der Waals surface area (Å²) in [5, 5.41) is 2.67. The molecule has 11 heteroatoms. The molecule has 0 saturated carbocycles. The van der Waals surface area contributed by atoms with Gasteiger partial charge in [-0.3, -0.25) is 19.8 Å². The SMILES string of the molecule is C\C=C/C(=N\C=C\Oc1ccnc2c1CC=C(OC)C(OC)=C2)NC(=O)C(N)=C(C=NCc1cccnc1)OCC. The third kappa shape index (κ3) is 8.92. The molecular weight excluding hydrogens is 524 g/mol. The Bertz CT molecular complexity index is 1410. The van der Waals surface area contributed by atoms with Crippen molar-refractivity contribution in [3.05, 3.63) is 107 Å². The molecule has 3 N–H and O–H groups in total. The number of aliphatic imine (C=N–C) groups is 2. The number of pyridine rings is 2. The highest BCUT2D eigenvalue weighted by Crippen LogP contribution is 2.29. The Morgan fingerprint density at radius 1 is 1.20 bits per heavy atom. The van der Waals surface area contributed by atoms with Gasteiger partial charge in [-0.2, -0.15) is 0 Å². The maximum Gasteiger partial charge on any atom is 0.276 e. The first-order chi connectivity index (χ1) is 20.0. The summed E-state index contributed by atoms with van der Waals surface area (Å²) in [6, 6.07) is 5.47. The van der Waals surface area contributed by atoms with Crippen LogP contribution in [0.15, 0.2) is 100 Å². The second-order valence-corrected chi connectivity index (χ2v) is 8.28. The number of amidine groups is 1. The molecule has 41 heavy (non-hydrogen) atoms. The molecule has 0 aromatic carbocycles. The Balaban J connectivity index is 1.72. The highest BCUT2D eigenvalue weighted by atomic mass is 16.5. The lowest BCUT2D eigenvalue weighted by atomic mass is 10.1. The zero-order valence-corrected chi connectivity index (χ0v) is 23.5. The maximum atomic E-state index is 12.9. The normalized spacial score (nSPS) is 14.2. The molecule has 0 atom stereocenters. The number of nitrogens with one attached hydrogen (secondary N) is 1. The fourth-order valence-corrected chi connectivity index (χ4v) is 3.61. The summed E-state index contributed by atoms with van der Waals surface area (Å²) in [6.45, 7) is 4.26. The fourth-order valence-electron chi connectivity index (χ4n) is 3.61. The van der Waals surface area contributed by atoms with Crippen LogP contribution in [0.2, 0.25) is 0 Å². The van der Waals surface area contributed by atoms with Crippen LogP contribution in [0.4, 0.5) is 0 Å². The molecule has 1 amide bonds. The number of allylic oxidation sites excluding steroid dienone is 3. The summed E-state index contributed by atoms with van der Waals surface area (Å²) in [5.74, 6) is 1.60. The van der Waals surface area contributed by atoms with Gasteiger partial charge in [0.05, 0.1) is 45.5 Å². The van der Waals surface area contributed by atoms with Gasteiger partial charge in [-0.25, -0.2) is 4.99 Å². The second-order valence-electron chi connectivity index (χ2n) is 8.28. The van der Waals surface area contributed by atoms with E-state index in [0.717, 1.165) is 11.1 Å². The Morgan fingerprint density at radius 2 is 2.02 bits per heavy atom. The van der Waals surface area contributed by atoms with Gasteiger partial charge in [0.2, 0.25) is 0 Å². The summed E-state index contributed by atoms with van der Waals surface area (Å²) in [6.07, 6.45) is 16.9. The Morgan fingerprint density at radius 3 is 2.73 bits per heavy atom. The largest absolute Gasteiger partial charge is 0.493 e. The van der Waals surface area contributed by atoms with E-state index >= 15 is 0 Å². The van der Waals surface area contributed by atoms with Crippen molar-refractivity contribution in [1.82, 2.24) is 15.3 Å². The van der Waals surface area contributed by atoms with Crippen molar-refractivity contribution in [1.29, 1.82) is 0 Å². The summed E-state index contributed by atoms with van der Waals surface area (Å²) in [4.78, 5) is 30.0. The molecule has 0 bridgehead atoms. The van der Waals surface area contributed by atoms with Crippen LogP contribution in [0.1, 0.15) is 30.7 Å². The van der Waals surface area contributed by atoms with Crippen molar-refractivity contribution in [3.63, 3.8) is 0 Å². The summed E-state index contributed by atoms with van der Waals surface area (Å²) in [7, 11) is 3.16. The number of carbonyl (C=O) groups is 1. The van der Waals surface area contributed by atoms with Crippen molar-refractivity contribution in [2.24, 2.45) is 15.7 Å². The predicted octanol–water partition coefficient (Wildman–Crippen LogP) is 3.97. The van der Waals surface area contributed by atoms with Crippen molar-refractivity contribution in [2.75, 3.05) is 20.8 Å². The highest BCUT2D eigenvalue weighted by Gasteiger charge is 2.17. The van der Waals surface area contributed by atoms with E-state index in [-0.39, 0.29) is 17.3 Å². The average molecular weight is 559 g/mol. The molecule has 1 aliphatic carbocycles. The molecule has 2 aromatic heterocycles. The number of hydrogen-bond donors (Lipinski definition) is 2. The lowest BCUT2D eigenvalue weighted by Crippen LogP contribution is -2.34. The van der Waals surface area contributed by atoms with Gasteiger partial charge in [0, 0.05) is 36.7 Å². The highest BCUT2D eigenvalue weighted by molar-refractivity contribution is 6.11. The third-order valence-electron chi connectivity index (χ3n) is 5.54. The number of carbonyl (C=O) groups excluding carboxylic acids is 1. The van der Waals surface area contributed by atoms with Gasteiger partial charge in [-0.05, 0) is 43.7 Å². The zero-order valence-electron chi connectivity index (χ0n) is 23.5. The van der Waals surface area contributed by atoms with E-state index in [2.05, 4.69) is 25.3 Å².